The van der Waals surface area contributed by atoms with Crippen LogP contribution in [-0.4, -0.2) is 17.0 Å². The van der Waals surface area contributed by atoms with Crippen molar-refractivity contribution in [2.75, 3.05) is 5.23 Å². The van der Waals surface area contributed by atoms with Gasteiger partial charge in [0.25, 0.3) is 0 Å². The van der Waals surface area contributed by atoms with Crippen molar-refractivity contribution >= 4 is 17.4 Å². The van der Waals surface area contributed by atoms with Crippen LogP contribution in [0.2, 0.25) is 0 Å². The maximum Gasteiger partial charge on any atom is 0.303 e. The van der Waals surface area contributed by atoms with Crippen LogP contribution in [0.25, 0.3) is 0 Å². The largest absolute Gasteiger partial charge is 0.733 e. The fourth-order valence-corrected chi connectivity index (χ4v) is 1.97. The highest BCUT2D eigenvalue weighted by Crippen LogP contribution is 2.25. The number of hydrogen-bond donors (Lipinski definition) is 1. The lowest BCUT2D eigenvalue weighted by molar-refractivity contribution is -0.144. The summed E-state index contributed by atoms with van der Waals surface area (Å²) in [6, 6.07) is 14.0. The summed E-state index contributed by atoms with van der Waals surface area (Å²) in [5, 5.41) is 19.3. The molecule has 0 saturated heterocycles. The molecule has 0 fully saturated rings. The van der Waals surface area contributed by atoms with Gasteiger partial charge >= 0.3 is 5.97 Å². The molecule has 22 heavy (non-hydrogen) atoms. The number of rotatable bonds is 5. The van der Waals surface area contributed by atoms with Crippen LogP contribution in [0.15, 0.2) is 54.6 Å². The summed E-state index contributed by atoms with van der Waals surface area (Å²) in [6.07, 6.45) is -1.10. The first-order chi connectivity index (χ1) is 10.5. The molecular formula is C16H14NO5-. The molecule has 2 aromatic carbocycles. The van der Waals surface area contributed by atoms with Crippen molar-refractivity contribution in [2.24, 2.45) is 0 Å². The first-order valence-corrected chi connectivity index (χ1v) is 6.51. The summed E-state index contributed by atoms with van der Waals surface area (Å²) >= 11 is 0. The average Bonchev–Trinajstić information content (AvgIpc) is 2.53. The number of nitrogens with zero attached hydrogens (tertiary/aromatic N) is 1. The number of ketones is 1. The van der Waals surface area contributed by atoms with Crippen molar-refractivity contribution < 1.29 is 19.5 Å². The summed E-state index contributed by atoms with van der Waals surface area (Å²) in [6.45, 7) is 1.22. The van der Waals surface area contributed by atoms with Crippen LogP contribution >= 0.6 is 0 Å². The molecule has 114 valence electrons. The monoisotopic (exact) mass is 300 g/mol. The Balaban J connectivity index is 2.33. The SMILES string of the molecule is CC(=O)O[C@@H](C(=O)c1ccccc1)c1ccc(N([O-])O)cc1. The Labute approximate surface area is 127 Å². The van der Waals surface area contributed by atoms with Crippen molar-refractivity contribution in [2.45, 2.75) is 13.0 Å². The van der Waals surface area contributed by atoms with E-state index in [1.165, 1.54) is 31.2 Å². The molecule has 1 N–H and O–H groups in total. The van der Waals surface area contributed by atoms with Crippen LogP contribution < -0.4 is 5.23 Å². The molecule has 0 heterocycles. The molecule has 0 saturated carbocycles. The second kappa shape index (κ2) is 6.84. The number of anilines is 1. The Morgan fingerprint density at radius 2 is 1.68 bits per heavy atom. The highest BCUT2D eigenvalue weighted by atomic mass is 16.8. The van der Waals surface area contributed by atoms with E-state index in [2.05, 4.69) is 0 Å². The molecule has 6 nitrogen and oxygen atoms in total. The van der Waals surface area contributed by atoms with Gasteiger partial charge in [-0.1, -0.05) is 42.5 Å². The lowest BCUT2D eigenvalue weighted by atomic mass is 9.99. The smallest absolute Gasteiger partial charge is 0.303 e. The van der Waals surface area contributed by atoms with E-state index in [1.54, 1.807) is 30.3 Å². The van der Waals surface area contributed by atoms with E-state index < -0.39 is 12.1 Å². The standard InChI is InChI=1S/C16H14NO5/c1-11(18)22-16(15(19)12-5-3-2-4-6-12)13-7-9-14(10-8-13)17(20)21/h2-10,16,20H,1H3/q-1/t16-/m1/s1. The lowest BCUT2D eigenvalue weighted by Crippen LogP contribution is -2.19. The van der Waals surface area contributed by atoms with E-state index in [1.807, 2.05) is 0 Å². The first kappa shape index (κ1) is 15.7. The second-order valence-electron chi connectivity index (χ2n) is 4.58. The van der Waals surface area contributed by atoms with E-state index in [9.17, 15) is 14.8 Å². The highest BCUT2D eigenvalue weighted by molar-refractivity contribution is 6.00. The second-order valence-corrected chi connectivity index (χ2v) is 4.58. The third kappa shape index (κ3) is 3.69. The van der Waals surface area contributed by atoms with Crippen LogP contribution in [-0.2, 0) is 9.53 Å². The van der Waals surface area contributed by atoms with Gasteiger partial charge in [-0.25, -0.2) is 0 Å². The molecule has 6 heteroatoms. The first-order valence-electron chi connectivity index (χ1n) is 6.51. The highest BCUT2D eigenvalue weighted by Gasteiger charge is 2.24. The van der Waals surface area contributed by atoms with Gasteiger partial charge < -0.3 is 15.2 Å². The third-order valence-electron chi connectivity index (χ3n) is 3.00. The van der Waals surface area contributed by atoms with Gasteiger partial charge in [-0.05, 0) is 12.1 Å². The number of benzene rings is 2. The van der Waals surface area contributed by atoms with Crippen LogP contribution in [0.4, 0.5) is 5.69 Å². The summed E-state index contributed by atoms with van der Waals surface area (Å²) in [4.78, 5) is 23.8. The Morgan fingerprint density at radius 1 is 1.09 bits per heavy atom. The number of esters is 1. The van der Waals surface area contributed by atoms with E-state index in [-0.39, 0.29) is 16.7 Å². The van der Waals surface area contributed by atoms with Gasteiger partial charge in [0.15, 0.2) is 6.10 Å². The zero-order valence-electron chi connectivity index (χ0n) is 11.8. The van der Waals surface area contributed by atoms with E-state index in [4.69, 9.17) is 9.94 Å². The number of Topliss-reactive ketones (excluding diaryl/α,β-unsaturated/α-hetero) is 1. The quantitative estimate of drug-likeness (QED) is 0.519. The van der Waals surface area contributed by atoms with Crippen molar-refractivity contribution in [1.29, 1.82) is 0 Å². The zero-order chi connectivity index (χ0) is 16.1. The van der Waals surface area contributed by atoms with Gasteiger partial charge in [-0.15, -0.1) is 0 Å². The minimum atomic E-state index is -1.10. The fourth-order valence-electron chi connectivity index (χ4n) is 1.97. The van der Waals surface area contributed by atoms with E-state index in [0.29, 0.717) is 11.1 Å². The molecule has 0 unspecified atom stereocenters. The van der Waals surface area contributed by atoms with E-state index in [0.717, 1.165) is 0 Å². The molecule has 0 aliphatic carbocycles. The molecule has 2 aromatic rings. The Morgan fingerprint density at radius 3 is 2.18 bits per heavy atom. The Bertz CT molecular complexity index is 652. The molecule has 0 radical (unpaired) electrons. The minimum Gasteiger partial charge on any atom is -0.733 e. The van der Waals surface area contributed by atoms with Crippen LogP contribution in [0.1, 0.15) is 28.9 Å². The Hall–Kier alpha value is -2.70. The molecule has 0 amide bonds. The normalized spacial score (nSPS) is 11.6. The van der Waals surface area contributed by atoms with Gasteiger partial charge in [0.05, 0.1) is 5.69 Å². The van der Waals surface area contributed by atoms with Crippen LogP contribution in [0.5, 0.6) is 0 Å². The van der Waals surface area contributed by atoms with E-state index >= 15 is 0 Å². The van der Waals surface area contributed by atoms with Crippen molar-refractivity contribution in [3.8, 4) is 0 Å². The summed E-state index contributed by atoms with van der Waals surface area (Å²) in [7, 11) is 0. The van der Waals surface area contributed by atoms with Gasteiger partial charge in [-0.2, -0.15) is 0 Å². The molecule has 2 rings (SSSR count). The topological polar surface area (TPSA) is 89.9 Å². The molecule has 0 aliphatic heterocycles. The van der Waals surface area contributed by atoms with Gasteiger partial charge in [0, 0.05) is 18.1 Å². The number of carbonyl (C=O) groups excluding carboxylic acids is 2. The maximum atomic E-state index is 12.5. The maximum absolute atomic E-state index is 12.5. The van der Waals surface area contributed by atoms with Crippen molar-refractivity contribution in [3.05, 3.63) is 70.9 Å². The van der Waals surface area contributed by atoms with Crippen molar-refractivity contribution in [1.82, 2.24) is 0 Å². The zero-order valence-corrected chi connectivity index (χ0v) is 11.8. The van der Waals surface area contributed by atoms with Gasteiger partial charge in [0.2, 0.25) is 5.78 Å². The molecule has 0 aliphatic rings. The molecule has 0 aromatic heterocycles. The molecular weight excluding hydrogens is 286 g/mol. The predicted octanol–water partition coefficient (Wildman–Crippen LogP) is 2.87. The van der Waals surface area contributed by atoms with Gasteiger partial charge in [-0.3, -0.25) is 14.8 Å². The predicted molar refractivity (Wildman–Crippen MR) is 79.4 cm³/mol. The summed E-state index contributed by atoms with van der Waals surface area (Å²) in [5.74, 6) is -0.961. The molecule has 0 spiro atoms. The van der Waals surface area contributed by atoms with Crippen molar-refractivity contribution in [3.63, 3.8) is 0 Å². The summed E-state index contributed by atoms with van der Waals surface area (Å²) < 4.78 is 5.11. The number of carbonyl (C=O) groups is 2. The third-order valence-corrected chi connectivity index (χ3v) is 3.00. The summed E-state index contributed by atoms with van der Waals surface area (Å²) in [5.41, 5.74) is 0.831. The number of ether oxygens (including phenoxy) is 1. The Kier molecular flexibility index (Phi) is 4.88. The molecule has 1 atom stereocenters. The lowest BCUT2D eigenvalue weighted by Gasteiger charge is -2.22. The fraction of sp³-hybridized carbons (Fsp3) is 0.125. The van der Waals surface area contributed by atoms with Crippen LogP contribution in [0, 0.1) is 5.21 Å². The number of hydrogen-bond acceptors (Lipinski definition) is 6. The molecule has 0 bridgehead atoms. The van der Waals surface area contributed by atoms with Gasteiger partial charge in [0.1, 0.15) is 0 Å². The van der Waals surface area contributed by atoms with Crippen LogP contribution in [0.3, 0.4) is 0 Å². The minimum absolute atomic E-state index is 0.0116. The average molecular weight is 300 g/mol.